The van der Waals surface area contributed by atoms with Crippen molar-refractivity contribution in [2.75, 3.05) is 37.6 Å². The number of Topliss-reactive ketones (excluding diaryl/α,β-unsaturated/α-hetero) is 1. The number of phenols is 1. The number of hydrogen-bond donors (Lipinski definition) is 1. The van der Waals surface area contributed by atoms with Gasteiger partial charge in [0.05, 0.1) is 6.54 Å². The van der Waals surface area contributed by atoms with E-state index < -0.39 is 12.7 Å². The number of carbonyl (C=O) groups is 1. The number of aryl methyl sites for hydroxylation is 1. The number of nitrogens with zero attached hydrogens (tertiary/aromatic N) is 3. The molecule has 2 heterocycles. The topological polar surface area (TPSA) is 48.7 Å². The Morgan fingerprint density at radius 2 is 1.68 bits per heavy atom. The van der Waals surface area contributed by atoms with Gasteiger partial charge in [-0.3, -0.25) is 9.69 Å². The summed E-state index contributed by atoms with van der Waals surface area (Å²) in [5, 5.41) is 9.38. The quantitative estimate of drug-likeness (QED) is 0.789. The standard InChI is InChI=1S/C20H24F3N3O2/c1-14-11-18(15(2)26(14)13-20(21,22)23)19(28)12-24-7-9-25(10-8-24)16-3-5-17(27)6-4-16/h3-6,11,27H,7-10,12-13H2,1-2H3. The van der Waals surface area contributed by atoms with Crippen molar-refractivity contribution in [1.29, 1.82) is 0 Å². The molecule has 0 aliphatic carbocycles. The first kappa shape index (κ1) is 20.3. The predicted octanol–water partition coefficient (Wildman–Crippen LogP) is 3.38. The molecule has 28 heavy (non-hydrogen) atoms. The number of alkyl halides is 3. The number of aromatic hydroxyl groups is 1. The Bertz CT molecular complexity index is 836. The van der Waals surface area contributed by atoms with Crippen molar-refractivity contribution in [1.82, 2.24) is 9.47 Å². The van der Waals surface area contributed by atoms with Crippen molar-refractivity contribution < 1.29 is 23.1 Å². The van der Waals surface area contributed by atoms with Gasteiger partial charge in [0.2, 0.25) is 0 Å². The highest BCUT2D eigenvalue weighted by Crippen LogP contribution is 2.24. The summed E-state index contributed by atoms with van der Waals surface area (Å²) in [6.07, 6.45) is -4.32. The average molecular weight is 395 g/mol. The monoisotopic (exact) mass is 395 g/mol. The van der Waals surface area contributed by atoms with Crippen molar-refractivity contribution in [3.63, 3.8) is 0 Å². The number of benzene rings is 1. The molecule has 1 N–H and O–H groups in total. The zero-order valence-electron chi connectivity index (χ0n) is 16.0. The highest BCUT2D eigenvalue weighted by atomic mass is 19.4. The molecule has 152 valence electrons. The molecule has 0 radical (unpaired) electrons. The highest BCUT2D eigenvalue weighted by Gasteiger charge is 2.30. The average Bonchev–Trinajstić information content (AvgIpc) is 2.90. The van der Waals surface area contributed by atoms with E-state index in [-0.39, 0.29) is 18.1 Å². The summed E-state index contributed by atoms with van der Waals surface area (Å²) in [5.41, 5.74) is 2.18. The molecule has 1 fully saturated rings. The Hall–Kier alpha value is -2.48. The Morgan fingerprint density at radius 3 is 2.25 bits per heavy atom. The number of halogens is 3. The van der Waals surface area contributed by atoms with Crippen LogP contribution in [0.3, 0.4) is 0 Å². The summed E-state index contributed by atoms with van der Waals surface area (Å²) in [4.78, 5) is 16.9. The van der Waals surface area contributed by atoms with E-state index in [2.05, 4.69) is 4.90 Å². The van der Waals surface area contributed by atoms with Crippen molar-refractivity contribution in [2.24, 2.45) is 0 Å². The minimum Gasteiger partial charge on any atom is -0.508 e. The smallest absolute Gasteiger partial charge is 0.406 e. The van der Waals surface area contributed by atoms with E-state index in [0.717, 1.165) is 23.3 Å². The highest BCUT2D eigenvalue weighted by molar-refractivity contribution is 5.99. The van der Waals surface area contributed by atoms with Gasteiger partial charge < -0.3 is 14.6 Å². The first-order chi connectivity index (χ1) is 13.1. The summed E-state index contributed by atoms with van der Waals surface area (Å²) in [6.45, 7) is 5.13. The van der Waals surface area contributed by atoms with Crippen molar-refractivity contribution in [2.45, 2.75) is 26.6 Å². The predicted molar refractivity (Wildman–Crippen MR) is 101 cm³/mol. The molecule has 1 aliphatic heterocycles. The summed E-state index contributed by atoms with van der Waals surface area (Å²) in [6, 6.07) is 8.54. The van der Waals surface area contributed by atoms with Crippen LogP contribution in [0.25, 0.3) is 0 Å². The Balaban J connectivity index is 1.60. The van der Waals surface area contributed by atoms with Gasteiger partial charge >= 0.3 is 6.18 Å². The Morgan fingerprint density at radius 1 is 1.07 bits per heavy atom. The van der Waals surface area contributed by atoms with Crippen LogP contribution in [0.4, 0.5) is 18.9 Å². The van der Waals surface area contributed by atoms with Gasteiger partial charge in [0, 0.05) is 48.8 Å². The molecule has 1 aromatic carbocycles. The van der Waals surface area contributed by atoms with E-state index in [1.807, 2.05) is 17.0 Å². The maximum atomic E-state index is 12.8. The molecule has 8 heteroatoms. The van der Waals surface area contributed by atoms with E-state index in [4.69, 9.17) is 0 Å². The molecule has 0 unspecified atom stereocenters. The third-order valence-corrected chi connectivity index (χ3v) is 5.17. The van der Waals surface area contributed by atoms with E-state index in [1.165, 1.54) is 0 Å². The molecule has 5 nitrogen and oxygen atoms in total. The zero-order valence-corrected chi connectivity index (χ0v) is 16.0. The van der Waals surface area contributed by atoms with E-state index in [0.29, 0.717) is 30.0 Å². The lowest BCUT2D eigenvalue weighted by molar-refractivity contribution is -0.141. The normalized spacial score (nSPS) is 15.8. The maximum absolute atomic E-state index is 12.8. The van der Waals surface area contributed by atoms with Gasteiger partial charge in [0.15, 0.2) is 5.78 Å². The van der Waals surface area contributed by atoms with Crippen LogP contribution in [0.2, 0.25) is 0 Å². The third kappa shape index (κ3) is 4.67. The number of carbonyl (C=O) groups excluding carboxylic acids is 1. The molecule has 1 aliphatic rings. The lowest BCUT2D eigenvalue weighted by atomic mass is 10.1. The van der Waals surface area contributed by atoms with Crippen molar-refractivity contribution in [3.8, 4) is 5.75 Å². The van der Waals surface area contributed by atoms with Crippen LogP contribution >= 0.6 is 0 Å². The van der Waals surface area contributed by atoms with Gasteiger partial charge in [0.25, 0.3) is 0 Å². The van der Waals surface area contributed by atoms with E-state index in [1.54, 1.807) is 32.0 Å². The van der Waals surface area contributed by atoms with Crippen LogP contribution in [-0.4, -0.2) is 59.3 Å². The maximum Gasteiger partial charge on any atom is 0.406 e. The molecule has 0 saturated carbocycles. The number of ketones is 1. The van der Waals surface area contributed by atoms with Crippen molar-refractivity contribution >= 4 is 11.5 Å². The van der Waals surface area contributed by atoms with Crippen LogP contribution in [0.15, 0.2) is 30.3 Å². The number of anilines is 1. The molecular formula is C20H24F3N3O2. The van der Waals surface area contributed by atoms with Crippen LogP contribution in [0.1, 0.15) is 21.7 Å². The summed E-state index contributed by atoms with van der Waals surface area (Å²) in [5.74, 6) is 0.0655. The number of phenolic OH excluding ortho intramolecular Hbond substituents is 1. The fraction of sp³-hybridized carbons (Fsp3) is 0.450. The number of piperazine rings is 1. The van der Waals surface area contributed by atoms with Gasteiger partial charge in [-0.1, -0.05) is 0 Å². The second kappa shape index (κ2) is 7.87. The first-order valence-electron chi connectivity index (χ1n) is 9.17. The number of hydrogen-bond acceptors (Lipinski definition) is 4. The first-order valence-corrected chi connectivity index (χ1v) is 9.17. The second-order valence-electron chi connectivity index (χ2n) is 7.19. The minimum absolute atomic E-state index is 0.153. The Kier molecular flexibility index (Phi) is 5.69. The number of aromatic nitrogens is 1. The summed E-state index contributed by atoms with van der Waals surface area (Å²) < 4.78 is 39.4. The van der Waals surface area contributed by atoms with Gasteiger partial charge in [-0.05, 0) is 44.2 Å². The van der Waals surface area contributed by atoms with Crippen LogP contribution in [0, 0.1) is 13.8 Å². The fourth-order valence-electron chi connectivity index (χ4n) is 3.62. The third-order valence-electron chi connectivity index (χ3n) is 5.17. The zero-order chi connectivity index (χ0) is 20.5. The van der Waals surface area contributed by atoms with Crippen molar-refractivity contribution in [3.05, 3.63) is 47.3 Å². The van der Waals surface area contributed by atoms with Gasteiger partial charge in [-0.15, -0.1) is 0 Å². The fourth-order valence-corrected chi connectivity index (χ4v) is 3.62. The van der Waals surface area contributed by atoms with Crippen LogP contribution in [-0.2, 0) is 6.54 Å². The molecule has 2 aromatic rings. The molecule has 1 aromatic heterocycles. The minimum atomic E-state index is -4.32. The summed E-state index contributed by atoms with van der Waals surface area (Å²) >= 11 is 0. The van der Waals surface area contributed by atoms with E-state index in [9.17, 15) is 23.1 Å². The Labute approximate surface area is 162 Å². The lowest BCUT2D eigenvalue weighted by Crippen LogP contribution is -2.48. The molecule has 0 atom stereocenters. The van der Waals surface area contributed by atoms with E-state index >= 15 is 0 Å². The van der Waals surface area contributed by atoms with Gasteiger partial charge in [0.1, 0.15) is 12.3 Å². The molecule has 0 bridgehead atoms. The molecule has 1 saturated heterocycles. The van der Waals surface area contributed by atoms with Gasteiger partial charge in [-0.25, -0.2) is 0 Å². The van der Waals surface area contributed by atoms with Crippen LogP contribution < -0.4 is 4.90 Å². The van der Waals surface area contributed by atoms with Crippen LogP contribution in [0.5, 0.6) is 5.75 Å². The molecule has 3 rings (SSSR count). The lowest BCUT2D eigenvalue weighted by Gasteiger charge is -2.35. The molecular weight excluding hydrogens is 371 g/mol. The molecule has 0 spiro atoms. The summed E-state index contributed by atoms with van der Waals surface area (Å²) in [7, 11) is 0. The SMILES string of the molecule is Cc1cc(C(=O)CN2CCN(c3ccc(O)cc3)CC2)c(C)n1CC(F)(F)F. The largest absolute Gasteiger partial charge is 0.508 e. The molecule has 0 amide bonds. The second-order valence-corrected chi connectivity index (χ2v) is 7.19. The number of rotatable bonds is 5. The van der Waals surface area contributed by atoms with Gasteiger partial charge in [-0.2, -0.15) is 13.2 Å².